The fourth-order valence-electron chi connectivity index (χ4n) is 15.1. The number of hydrogen-bond acceptors (Lipinski definition) is 34. The van der Waals surface area contributed by atoms with E-state index in [2.05, 4.69) is 125 Å². The van der Waals surface area contributed by atoms with Gasteiger partial charge < -0.3 is 126 Å². The topological polar surface area (TPSA) is 816 Å². The molecule has 144 heavy (non-hydrogen) atoms. The van der Waals surface area contributed by atoms with Crippen LogP contribution in [0, 0.1) is 0 Å². The van der Waals surface area contributed by atoms with E-state index in [-0.39, 0.29) is 183 Å². The molecule has 2 aliphatic rings. The summed E-state index contributed by atoms with van der Waals surface area (Å²) in [6.07, 6.45) is 3.44. The van der Waals surface area contributed by atoms with Gasteiger partial charge in [-0.3, -0.25) is 111 Å². The van der Waals surface area contributed by atoms with Crippen LogP contribution in [0.25, 0.3) is 11.2 Å². The smallest absolute Gasteiger partial charge is 0.326 e. The molecule has 0 unspecified atom stereocenters. The number of carbonyl (C=O) groups excluding carboxylic acids is 13. The number of aliphatic hydroxyl groups excluding tert-OH is 2. The molecule has 2 bridgehead atoms. The minimum absolute atomic E-state index is 0.000604. The van der Waals surface area contributed by atoms with Crippen molar-refractivity contribution in [3.8, 4) is 0 Å². The lowest BCUT2D eigenvalue weighted by Crippen LogP contribution is -2.62. The predicted octanol–water partition coefficient (Wildman–Crippen LogP) is -8.71. The highest BCUT2D eigenvalue weighted by Crippen LogP contribution is 2.17. The zero-order chi connectivity index (χ0) is 105. The summed E-state index contributed by atoms with van der Waals surface area (Å²) in [6, 6.07) is -4.30. The molecule has 1 saturated heterocycles. The van der Waals surface area contributed by atoms with Gasteiger partial charge in [0.2, 0.25) is 76.8 Å². The van der Waals surface area contributed by atoms with Gasteiger partial charge in [-0.1, -0.05) is 35.5 Å². The molecule has 13 amide bonds. The Morgan fingerprint density at radius 1 is 0.562 bits per heavy atom. The molecule has 0 saturated carbocycles. The van der Waals surface area contributed by atoms with E-state index in [1.54, 1.807) is 49.9 Å². The number of aliphatic carboxylic acids is 5. The van der Waals surface area contributed by atoms with Gasteiger partial charge in [-0.25, -0.2) is 29.5 Å². The first kappa shape index (κ1) is 112. The largest absolute Gasteiger partial charge is 0.480 e. The number of aromatic amines is 3. The van der Waals surface area contributed by atoms with Gasteiger partial charge in [-0.2, -0.15) is 4.98 Å². The van der Waals surface area contributed by atoms with Crippen LogP contribution in [0.5, 0.6) is 0 Å². The molecule has 0 aliphatic carbocycles. The van der Waals surface area contributed by atoms with Crippen molar-refractivity contribution >= 4 is 129 Å². The molecule has 5 aromatic heterocycles. The molecule has 0 radical (unpaired) electrons. The number of carbonyl (C=O) groups is 18. The average Bonchev–Trinajstić information content (AvgIpc) is 1.81. The number of rotatable bonds is 40. The van der Waals surface area contributed by atoms with Crippen molar-refractivity contribution in [2.24, 2.45) is 0 Å². The third kappa shape index (κ3) is 37.2. The molecule has 0 spiro atoms. The van der Waals surface area contributed by atoms with Gasteiger partial charge >= 0.3 is 29.8 Å². The number of nitrogens with one attached hydrogen (secondary N) is 17. The van der Waals surface area contributed by atoms with Gasteiger partial charge in [0.15, 0.2) is 11.2 Å². The Kier molecular flexibility index (Phi) is 43.3. The SMILES string of the molecule is C[C@H](NC(=O)[C@@H]1CCCCn2cc(nn2)C[C@H](NC(=O)CC[C@H](NC(=O)c2ccc(NCc3cnc4nc(N)[nH]c(=O)c4n3)cc2)C(=O)O)C(=O)N[C@H](Cc2cnc[nH]2)C(=O)N[C@H](CO)C(=O)N[C@H](Cc2cnc[nH]2)C(=O)N[C@H]([C@H](C)O)C(=O)N[C@H](C)C(=O)N1)C(=O)NCC(=O)N[C@@H](Cc1ccccc1)C(=O)N[C@@H](CCCCNC(=O)CN1CCN(CC(=O)O)CCN(CC(=O)O)CCN(CC(=O)O)CC1)C(=O)O. The van der Waals surface area contributed by atoms with Crippen LogP contribution in [0.4, 0.5) is 11.6 Å². The molecule has 56 heteroatoms. The molecule has 1 fully saturated rings. The summed E-state index contributed by atoms with van der Waals surface area (Å²) in [5.74, 6) is -19.5. The number of nitrogens with zero attached hydrogens (tertiary/aromatic N) is 12. The van der Waals surface area contributed by atoms with Crippen molar-refractivity contribution in [1.29, 1.82) is 0 Å². The minimum Gasteiger partial charge on any atom is -0.480 e. The summed E-state index contributed by atoms with van der Waals surface area (Å²) in [6.45, 7) is 1.69. The van der Waals surface area contributed by atoms with Gasteiger partial charge in [0.25, 0.3) is 11.5 Å². The van der Waals surface area contributed by atoms with E-state index in [0.717, 1.165) is 6.92 Å². The standard InChI is InChI=1S/C88H120N30O26/c1-48(75(130)95-39-67(122)102-61(31-51-11-5-4-6-12-51)79(134)105-59(86(141)142)14-7-9-21-92-68(123)41-114-23-25-115(42-69(124)125)27-29-117(44-71(128)129)30-28-116(26-24-114)43-70(126)127)98-78(133)58-13-8-10-22-118-40-56(112-113-118)34-62(101-66(121)20-19-60(87(143)144)104-77(132)52-15-17-53(18-16-52)93-37-57-38-94-74-73(100-57)85(140)111-88(89)110-74)80(135)106-63(32-54-35-90-46-96-54)81(136)108-65(45-119)83(138)107-64(33-55-36-91-47-97-55)82(137)109-72(50(3)120)84(139)99-49(2)76(131)103-58/h4-6,11-12,15-18,35-36,38,40,46-50,58-65,72,93,119-120H,7-10,13-14,19-34,37,39,41-45H2,1-3H3,(H,90,96)(H,91,97)(H,92,123)(H,95,130)(H,98,133)(H,99,139)(H,101,121)(H,102,122)(H,103,131)(H,104,132)(H,105,134)(H,106,135)(H,107,138)(H,108,136)(H,109,137)(H,124,125)(H,126,127)(H,128,129)(H,141,142)(H,143,144)(H3,89,94,110,111,140)/t48-,49+,50-,58-,59-,60-,61-,62-,63+,64+,65+,72+/m0/s1. The summed E-state index contributed by atoms with van der Waals surface area (Å²) in [4.78, 5) is 292. The number of hydrogen-bond donors (Lipinski definition) is 25. The molecule has 2 aromatic carbocycles. The van der Waals surface area contributed by atoms with Gasteiger partial charge in [-0.05, 0) is 95.5 Å². The predicted molar refractivity (Wildman–Crippen MR) is 502 cm³/mol. The molecular weight excluding hydrogens is 1890 g/mol. The second-order valence-corrected chi connectivity index (χ2v) is 34.3. The van der Waals surface area contributed by atoms with Crippen LogP contribution >= 0.6 is 0 Å². The first-order chi connectivity index (χ1) is 68.7. The highest BCUT2D eigenvalue weighted by Gasteiger charge is 2.38. The van der Waals surface area contributed by atoms with Crippen molar-refractivity contribution in [1.82, 2.24) is 144 Å². The quantitative estimate of drug-likeness (QED) is 0.0159. The van der Waals surface area contributed by atoms with Crippen molar-refractivity contribution in [3.05, 3.63) is 136 Å². The van der Waals surface area contributed by atoms with Crippen molar-refractivity contribution in [2.75, 3.05) is 109 Å². The molecular formula is C88H120N30O26. The number of aromatic nitrogens is 11. The van der Waals surface area contributed by atoms with Crippen molar-refractivity contribution in [2.45, 2.75) is 183 Å². The van der Waals surface area contributed by atoms with Gasteiger partial charge in [0.1, 0.15) is 66.5 Å². The van der Waals surface area contributed by atoms with E-state index in [1.165, 1.54) is 80.2 Å². The second kappa shape index (κ2) is 55.9. The normalized spacial score (nSPS) is 19.6. The molecule has 778 valence electrons. The Bertz CT molecular complexity index is 5630. The van der Waals surface area contributed by atoms with E-state index in [9.17, 15) is 127 Å². The summed E-state index contributed by atoms with van der Waals surface area (Å²) >= 11 is 0. The van der Waals surface area contributed by atoms with Crippen molar-refractivity contribution in [3.63, 3.8) is 0 Å². The zero-order valence-corrected chi connectivity index (χ0v) is 78.9. The highest BCUT2D eigenvalue weighted by atomic mass is 16.4. The third-order valence-electron chi connectivity index (χ3n) is 23.0. The van der Waals surface area contributed by atoms with Crippen LogP contribution in [-0.2, 0) is 120 Å². The molecule has 7 aromatic rings. The highest BCUT2D eigenvalue weighted by molar-refractivity contribution is 6.00. The summed E-state index contributed by atoms with van der Waals surface area (Å²) in [5.41, 5.74) is 6.77. The Morgan fingerprint density at radius 3 is 1.72 bits per heavy atom. The molecule has 9 rings (SSSR count). The maximum absolute atomic E-state index is 14.9. The summed E-state index contributed by atoms with van der Waals surface area (Å²) in [7, 11) is 0. The fraction of sp³-hybridized carbons (Fsp3) is 0.500. The average molecular weight is 2010 g/mol. The number of carboxylic acid groups (broad SMARTS) is 5. The van der Waals surface area contributed by atoms with E-state index in [0.29, 0.717) is 16.9 Å². The number of aryl methyl sites for hydroxylation is 1. The van der Waals surface area contributed by atoms with Gasteiger partial charge in [0.05, 0.1) is 82.2 Å². The lowest BCUT2D eigenvalue weighted by Gasteiger charge is -2.32. The molecule has 7 heterocycles. The van der Waals surface area contributed by atoms with E-state index >= 15 is 0 Å². The van der Waals surface area contributed by atoms with Crippen LogP contribution in [0.3, 0.4) is 0 Å². The van der Waals surface area contributed by atoms with E-state index in [1.807, 2.05) is 0 Å². The number of anilines is 2. The maximum Gasteiger partial charge on any atom is 0.326 e. The first-order valence-electron chi connectivity index (χ1n) is 46.1. The number of imidazole rings is 2. The number of fused-ring (bicyclic) bond motifs is 3. The number of amides is 13. The molecule has 56 nitrogen and oxygen atoms in total. The van der Waals surface area contributed by atoms with Gasteiger partial charge in [-0.15, -0.1) is 5.10 Å². The van der Waals surface area contributed by atoms with Crippen LogP contribution < -0.4 is 85.7 Å². The minimum atomic E-state index is -1.92. The molecule has 12 atom stereocenters. The van der Waals surface area contributed by atoms with E-state index in [4.69, 9.17) is 5.73 Å². The Labute approximate surface area is 820 Å². The van der Waals surface area contributed by atoms with E-state index < -0.39 is 230 Å². The Hall–Kier alpha value is -16.0. The number of unbranched alkanes of at least 4 members (excludes halogenated alkanes) is 1. The lowest BCUT2D eigenvalue weighted by molar-refractivity contribution is -0.142. The van der Waals surface area contributed by atoms with Crippen molar-refractivity contribution < 1.29 is 122 Å². The third-order valence-corrected chi connectivity index (χ3v) is 23.0. The number of carboxylic acids is 5. The number of nitrogens with two attached hydrogens (primary N) is 1. The Morgan fingerprint density at radius 2 is 1.14 bits per heavy atom. The Balaban J connectivity index is 0.860. The molecule has 2 aliphatic heterocycles. The number of nitrogen functional groups attached to an aromatic ring is 1. The van der Waals surface area contributed by atoms with Crippen LogP contribution in [0.1, 0.15) is 111 Å². The molecule has 26 N–H and O–H groups in total. The van der Waals surface area contributed by atoms with Crippen LogP contribution in [-0.4, -0.2) is 388 Å². The number of aliphatic hydroxyl groups is 2. The van der Waals surface area contributed by atoms with Crippen LogP contribution in [0.2, 0.25) is 0 Å². The first-order valence-corrected chi connectivity index (χ1v) is 46.1. The monoisotopic (exact) mass is 2010 g/mol. The summed E-state index contributed by atoms with van der Waals surface area (Å²) < 4.78 is 1.31. The van der Waals surface area contributed by atoms with Gasteiger partial charge in [0, 0.05) is 139 Å². The fourth-order valence-corrected chi connectivity index (χ4v) is 15.1. The maximum atomic E-state index is 14.9. The van der Waals surface area contributed by atoms with Crippen LogP contribution in [0.15, 0.2) is 96.8 Å². The summed E-state index contributed by atoms with van der Waals surface area (Å²) in [5, 5.41) is 115. The number of H-pyrrole nitrogens is 3. The zero-order valence-electron chi connectivity index (χ0n) is 78.9. The second-order valence-electron chi connectivity index (χ2n) is 34.3. The lowest BCUT2D eigenvalue weighted by atomic mass is 10.0. The number of benzene rings is 2.